The van der Waals surface area contributed by atoms with Gasteiger partial charge < -0.3 is 10.6 Å². The summed E-state index contributed by atoms with van der Waals surface area (Å²) in [6.07, 6.45) is 1.12. The molecular formula is C18H18BrN3O2S. The molecule has 2 aromatic carbocycles. The molecule has 0 spiro atoms. The number of hydrogen-bond donors (Lipinski definition) is 3. The highest BCUT2D eigenvalue weighted by Crippen LogP contribution is 2.16. The van der Waals surface area contributed by atoms with E-state index < -0.39 is 0 Å². The van der Waals surface area contributed by atoms with Gasteiger partial charge in [0.2, 0.25) is 5.91 Å². The molecular weight excluding hydrogens is 402 g/mol. The molecule has 0 atom stereocenters. The van der Waals surface area contributed by atoms with Gasteiger partial charge in [-0.05, 0) is 64.4 Å². The molecule has 0 aliphatic heterocycles. The van der Waals surface area contributed by atoms with Crippen LogP contribution in [0.15, 0.2) is 53.0 Å². The van der Waals surface area contributed by atoms with Gasteiger partial charge in [0.05, 0.1) is 5.56 Å². The molecule has 2 rings (SSSR count). The minimum absolute atomic E-state index is 0.0122. The van der Waals surface area contributed by atoms with Crippen LogP contribution in [0.2, 0.25) is 0 Å². The van der Waals surface area contributed by atoms with Crippen LogP contribution in [0.3, 0.4) is 0 Å². The van der Waals surface area contributed by atoms with Crippen molar-refractivity contribution >= 4 is 50.8 Å². The van der Waals surface area contributed by atoms with Gasteiger partial charge in [0, 0.05) is 23.6 Å². The normalized spacial score (nSPS) is 10.0. The molecule has 0 radical (unpaired) electrons. The summed E-state index contributed by atoms with van der Waals surface area (Å²) in [6, 6.07) is 14.7. The van der Waals surface area contributed by atoms with Crippen LogP contribution in [0.5, 0.6) is 0 Å². The number of anilines is 1. The van der Waals surface area contributed by atoms with Gasteiger partial charge in [-0.3, -0.25) is 14.9 Å². The maximum atomic E-state index is 12.2. The molecule has 0 aliphatic carbocycles. The standard InChI is InChI=1S/C18H18BrN3O2S/c1-20-16(23)11-8-12-6-9-13(10-7-12)21-18(25)22-17(24)14-4-2-3-5-15(14)19/h2-7,9-10H,8,11H2,1H3,(H,20,23)(H2,21,22,24,25). The number of carbonyl (C=O) groups excluding carboxylic acids is 2. The highest BCUT2D eigenvalue weighted by atomic mass is 79.9. The molecule has 130 valence electrons. The smallest absolute Gasteiger partial charge is 0.258 e. The first-order chi connectivity index (χ1) is 12.0. The molecule has 0 bridgehead atoms. The zero-order chi connectivity index (χ0) is 18.2. The largest absolute Gasteiger partial charge is 0.359 e. The zero-order valence-electron chi connectivity index (χ0n) is 13.6. The van der Waals surface area contributed by atoms with Crippen LogP contribution < -0.4 is 16.0 Å². The lowest BCUT2D eigenvalue weighted by molar-refractivity contribution is -0.120. The van der Waals surface area contributed by atoms with Gasteiger partial charge in [0.15, 0.2) is 5.11 Å². The van der Waals surface area contributed by atoms with Crippen molar-refractivity contribution in [2.45, 2.75) is 12.8 Å². The number of aryl methyl sites for hydroxylation is 1. The number of amides is 2. The Morgan fingerprint density at radius 3 is 2.40 bits per heavy atom. The lowest BCUT2D eigenvalue weighted by Gasteiger charge is -2.11. The second kappa shape index (κ2) is 9.29. The molecule has 0 saturated carbocycles. The Morgan fingerprint density at radius 1 is 1.08 bits per heavy atom. The third kappa shape index (κ3) is 5.95. The van der Waals surface area contributed by atoms with Gasteiger partial charge >= 0.3 is 0 Å². The SMILES string of the molecule is CNC(=O)CCc1ccc(NC(=S)NC(=O)c2ccccc2Br)cc1. The monoisotopic (exact) mass is 419 g/mol. The van der Waals surface area contributed by atoms with E-state index in [0.29, 0.717) is 22.9 Å². The van der Waals surface area contributed by atoms with Crippen molar-refractivity contribution < 1.29 is 9.59 Å². The molecule has 0 aromatic heterocycles. The first-order valence-corrected chi connectivity index (χ1v) is 8.86. The minimum atomic E-state index is -0.285. The lowest BCUT2D eigenvalue weighted by Crippen LogP contribution is -2.34. The summed E-state index contributed by atoms with van der Waals surface area (Å²) >= 11 is 8.52. The highest BCUT2D eigenvalue weighted by molar-refractivity contribution is 9.10. The van der Waals surface area contributed by atoms with E-state index in [1.165, 1.54) is 0 Å². The molecule has 2 amide bonds. The molecule has 2 aromatic rings. The molecule has 5 nitrogen and oxygen atoms in total. The molecule has 0 saturated heterocycles. The van der Waals surface area contributed by atoms with E-state index in [1.54, 1.807) is 25.2 Å². The van der Waals surface area contributed by atoms with Crippen LogP contribution in [-0.2, 0) is 11.2 Å². The topological polar surface area (TPSA) is 70.2 Å². The molecule has 0 fully saturated rings. The number of carbonyl (C=O) groups is 2. The van der Waals surface area contributed by atoms with E-state index in [4.69, 9.17) is 12.2 Å². The predicted molar refractivity (Wildman–Crippen MR) is 107 cm³/mol. The van der Waals surface area contributed by atoms with Crippen LogP contribution in [0, 0.1) is 0 Å². The zero-order valence-corrected chi connectivity index (χ0v) is 16.0. The maximum absolute atomic E-state index is 12.2. The summed E-state index contributed by atoms with van der Waals surface area (Å²) in [4.78, 5) is 23.4. The van der Waals surface area contributed by atoms with Crippen molar-refractivity contribution in [3.05, 3.63) is 64.1 Å². The Labute approximate surface area is 160 Å². The molecule has 25 heavy (non-hydrogen) atoms. The Morgan fingerprint density at radius 2 is 1.76 bits per heavy atom. The van der Waals surface area contributed by atoms with Crippen molar-refractivity contribution in [2.75, 3.05) is 12.4 Å². The quantitative estimate of drug-likeness (QED) is 0.650. The first kappa shape index (κ1) is 19.1. The Hall–Kier alpha value is -2.25. The maximum Gasteiger partial charge on any atom is 0.258 e. The molecule has 7 heteroatoms. The van der Waals surface area contributed by atoms with E-state index in [1.807, 2.05) is 30.3 Å². The minimum Gasteiger partial charge on any atom is -0.359 e. The lowest BCUT2D eigenvalue weighted by atomic mass is 10.1. The molecule has 0 aliphatic rings. The van der Waals surface area contributed by atoms with Gasteiger partial charge in [-0.1, -0.05) is 24.3 Å². The number of benzene rings is 2. The van der Waals surface area contributed by atoms with Crippen LogP contribution >= 0.6 is 28.1 Å². The molecule has 3 N–H and O–H groups in total. The number of thiocarbonyl (C=S) groups is 1. The van der Waals surface area contributed by atoms with Crippen LogP contribution in [-0.4, -0.2) is 24.0 Å². The van der Waals surface area contributed by atoms with Crippen LogP contribution in [0.4, 0.5) is 5.69 Å². The van der Waals surface area contributed by atoms with E-state index in [2.05, 4.69) is 31.9 Å². The summed E-state index contributed by atoms with van der Waals surface area (Å²) in [7, 11) is 1.62. The summed E-state index contributed by atoms with van der Waals surface area (Å²) in [5.41, 5.74) is 2.33. The predicted octanol–water partition coefficient (Wildman–Crippen LogP) is 3.25. The molecule has 0 heterocycles. The Kier molecular flexibility index (Phi) is 7.09. The fourth-order valence-electron chi connectivity index (χ4n) is 2.12. The first-order valence-electron chi connectivity index (χ1n) is 7.66. The van der Waals surface area contributed by atoms with Crippen molar-refractivity contribution in [3.8, 4) is 0 Å². The number of halogens is 1. The van der Waals surface area contributed by atoms with Gasteiger partial charge in [-0.2, -0.15) is 0 Å². The van der Waals surface area contributed by atoms with E-state index in [0.717, 1.165) is 11.3 Å². The van der Waals surface area contributed by atoms with E-state index in [-0.39, 0.29) is 16.9 Å². The third-order valence-electron chi connectivity index (χ3n) is 3.48. The van der Waals surface area contributed by atoms with Crippen LogP contribution in [0.25, 0.3) is 0 Å². The van der Waals surface area contributed by atoms with Crippen molar-refractivity contribution in [1.82, 2.24) is 10.6 Å². The average molecular weight is 420 g/mol. The summed E-state index contributed by atoms with van der Waals surface area (Å²) in [6.45, 7) is 0. The molecule has 0 unspecified atom stereocenters. The average Bonchev–Trinajstić information content (AvgIpc) is 2.61. The van der Waals surface area contributed by atoms with Gasteiger partial charge in [0.25, 0.3) is 5.91 Å². The van der Waals surface area contributed by atoms with Gasteiger partial charge in [-0.25, -0.2) is 0 Å². The van der Waals surface area contributed by atoms with Crippen molar-refractivity contribution in [1.29, 1.82) is 0 Å². The van der Waals surface area contributed by atoms with E-state index >= 15 is 0 Å². The summed E-state index contributed by atoms with van der Waals surface area (Å²) < 4.78 is 0.704. The number of hydrogen-bond acceptors (Lipinski definition) is 3. The fourth-order valence-corrected chi connectivity index (χ4v) is 2.79. The second-order valence-corrected chi connectivity index (χ2v) is 6.52. The number of rotatable bonds is 5. The van der Waals surface area contributed by atoms with Gasteiger partial charge in [-0.15, -0.1) is 0 Å². The van der Waals surface area contributed by atoms with Crippen molar-refractivity contribution in [3.63, 3.8) is 0 Å². The second-order valence-electron chi connectivity index (χ2n) is 5.26. The summed E-state index contributed by atoms with van der Waals surface area (Å²) in [5, 5.41) is 8.43. The van der Waals surface area contributed by atoms with E-state index in [9.17, 15) is 9.59 Å². The Bertz CT molecular complexity index is 778. The van der Waals surface area contributed by atoms with Gasteiger partial charge in [0.1, 0.15) is 0 Å². The summed E-state index contributed by atoms with van der Waals surface area (Å²) in [5.74, 6) is -0.273. The Balaban J connectivity index is 1.89. The fraction of sp³-hybridized carbons (Fsp3) is 0.167. The third-order valence-corrected chi connectivity index (χ3v) is 4.37. The number of nitrogens with one attached hydrogen (secondary N) is 3. The highest BCUT2D eigenvalue weighted by Gasteiger charge is 2.11. The van der Waals surface area contributed by atoms with Crippen LogP contribution in [0.1, 0.15) is 22.3 Å². The van der Waals surface area contributed by atoms with Crippen molar-refractivity contribution in [2.24, 2.45) is 0 Å².